The van der Waals surface area contributed by atoms with E-state index in [0.717, 1.165) is 27.1 Å². The first-order chi connectivity index (χ1) is 16.0. The fourth-order valence-corrected chi connectivity index (χ4v) is 4.21. The third kappa shape index (κ3) is 5.42. The summed E-state index contributed by atoms with van der Waals surface area (Å²) in [6, 6.07) is 23.6. The summed E-state index contributed by atoms with van der Waals surface area (Å²) in [5.74, 6) is 0.402. The van der Waals surface area contributed by atoms with Gasteiger partial charge in [0.25, 0.3) is 11.6 Å². The van der Waals surface area contributed by atoms with E-state index in [1.807, 2.05) is 36.4 Å². The second kappa shape index (κ2) is 10.1. The number of nitrogens with one attached hydrogen (secondary N) is 1. The van der Waals surface area contributed by atoms with Gasteiger partial charge >= 0.3 is 0 Å². The number of hydrazone groups is 1. The van der Waals surface area contributed by atoms with E-state index in [4.69, 9.17) is 0 Å². The lowest BCUT2D eigenvalue weighted by atomic mass is 10.1. The van der Waals surface area contributed by atoms with Gasteiger partial charge in [-0.15, -0.1) is 11.8 Å². The summed E-state index contributed by atoms with van der Waals surface area (Å²) in [6.07, 6.45) is 1.79. The Morgan fingerprint density at radius 3 is 2.58 bits per heavy atom. The summed E-state index contributed by atoms with van der Waals surface area (Å²) >= 11 is 1.70. The lowest BCUT2D eigenvalue weighted by Crippen LogP contribution is -2.19. The molecule has 3 aromatic carbocycles. The minimum absolute atomic E-state index is 0.0267. The van der Waals surface area contributed by atoms with E-state index in [1.165, 1.54) is 12.1 Å². The van der Waals surface area contributed by atoms with Crippen LogP contribution in [0.4, 0.5) is 5.69 Å². The number of aromatic nitrogens is 1. The van der Waals surface area contributed by atoms with E-state index in [1.54, 1.807) is 49.1 Å². The van der Waals surface area contributed by atoms with Crippen LogP contribution in [0.15, 0.2) is 95.1 Å². The van der Waals surface area contributed by atoms with Crippen LogP contribution in [0, 0.1) is 10.1 Å². The zero-order chi connectivity index (χ0) is 23.2. The maximum atomic E-state index is 12.5. The molecule has 0 unspecified atom stereocenters. The number of nitro benzene ring substituents is 1. The molecule has 0 spiro atoms. The number of non-ortho nitro benzene ring substituents is 1. The van der Waals surface area contributed by atoms with Crippen molar-refractivity contribution in [1.82, 2.24) is 10.4 Å². The summed E-state index contributed by atoms with van der Waals surface area (Å²) in [4.78, 5) is 28.5. The zero-order valence-corrected chi connectivity index (χ0v) is 18.6. The van der Waals surface area contributed by atoms with Gasteiger partial charge in [0.15, 0.2) is 0 Å². The molecule has 1 heterocycles. The largest absolute Gasteiger partial charge is 0.271 e. The molecule has 1 N–H and O–H groups in total. The predicted octanol–water partition coefficient (Wildman–Crippen LogP) is 5.59. The number of rotatable bonds is 7. The molecule has 4 rings (SSSR count). The third-order valence-corrected chi connectivity index (χ3v) is 6.12. The molecule has 4 aromatic rings. The average molecular weight is 457 g/mol. The Morgan fingerprint density at radius 2 is 1.79 bits per heavy atom. The molecule has 164 valence electrons. The molecule has 7 nitrogen and oxygen atoms in total. The lowest BCUT2D eigenvalue weighted by molar-refractivity contribution is -0.384. The van der Waals surface area contributed by atoms with Gasteiger partial charge in [0.05, 0.1) is 16.2 Å². The highest BCUT2D eigenvalue weighted by Crippen LogP contribution is 2.29. The maximum absolute atomic E-state index is 12.5. The summed E-state index contributed by atoms with van der Waals surface area (Å²) in [6.45, 7) is 1.68. The summed E-state index contributed by atoms with van der Waals surface area (Å²) in [7, 11) is 0. The number of hydrogen-bond donors (Lipinski definition) is 1. The van der Waals surface area contributed by atoms with Crippen LogP contribution >= 0.6 is 11.8 Å². The lowest BCUT2D eigenvalue weighted by Gasteiger charge is -2.07. The van der Waals surface area contributed by atoms with E-state index >= 15 is 0 Å². The SMILES string of the molecule is C/C(=N\NC(=O)c1ccc(CSc2cccc3cccnc23)cc1)c1cccc([N+](=O)[O-])c1. The molecular formula is C25H20N4O3S. The van der Waals surface area contributed by atoms with Gasteiger partial charge in [0, 0.05) is 45.5 Å². The minimum Gasteiger partial charge on any atom is -0.267 e. The van der Waals surface area contributed by atoms with E-state index < -0.39 is 4.92 Å². The molecule has 0 atom stereocenters. The Balaban J connectivity index is 1.38. The molecule has 0 bridgehead atoms. The predicted molar refractivity (Wildman–Crippen MR) is 131 cm³/mol. The highest BCUT2D eigenvalue weighted by molar-refractivity contribution is 7.98. The van der Waals surface area contributed by atoms with Crippen LogP contribution < -0.4 is 5.43 Å². The first-order valence-electron chi connectivity index (χ1n) is 10.2. The molecule has 1 aromatic heterocycles. The fourth-order valence-electron chi connectivity index (χ4n) is 3.21. The van der Waals surface area contributed by atoms with Crippen molar-refractivity contribution in [2.75, 3.05) is 0 Å². The fraction of sp³-hybridized carbons (Fsp3) is 0.0800. The Hall–Kier alpha value is -4.04. The normalized spacial score (nSPS) is 11.4. The Morgan fingerprint density at radius 1 is 1.03 bits per heavy atom. The number of benzene rings is 3. The summed E-state index contributed by atoms with van der Waals surface area (Å²) < 4.78 is 0. The summed E-state index contributed by atoms with van der Waals surface area (Å²) in [5, 5.41) is 16.1. The van der Waals surface area contributed by atoms with Crippen molar-refractivity contribution in [2.24, 2.45) is 5.10 Å². The number of carbonyl (C=O) groups excluding carboxylic acids is 1. The van der Waals surface area contributed by atoms with Crippen molar-refractivity contribution >= 4 is 40.0 Å². The van der Waals surface area contributed by atoms with Crippen LogP contribution in [0.25, 0.3) is 10.9 Å². The quantitative estimate of drug-likeness (QED) is 0.169. The van der Waals surface area contributed by atoms with Crippen LogP contribution in [0.3, 0.4) is 0 Å². The first kappa shape index (κ1) is 22.2. The van der Waals surface area contributed by atoms with Gasteiger partial charge < -0.3 is 0 Å². The molecular weight excluding hydrogens is 436 g/mol. The number of hydrogen-bond acceptors (Lipinski definition) is 6. The van der Waals surface area contributed by atoms with Crippen LogP contribution in [0.2, 0.25) is 0 Å². The number of nitro groups is 1. The van der Waals surface area contributed by atoms with Crippen molar-refractivity contribution in [2.45, 2.75) is 17.6 Å². The average Bonchev–Trinajstić information content (AvgIpc) is 2.86. The molecule has 0 aliphatic heterocycles. The number of amides is 1. The highest BCUT2D eigenvalue weighted by atomic mass is 32.2. The molecule has 8 heteroatoms. The standard InChI is InChI=1S/C25H20N4O3S/c1-17(21-6-2-8-22(15-21)29(31)32)27-28-25(30)20-12-10-18(11-13-20)16-33-23-9-3-5-19-7-4-14-26-24(19)23/h2-15H,16H2,1H3,(H,28,30)/b27-17+. The van der Waals surface area contributed by atoms with Crippen molar-refractivity contribution in [1.29, 1.82) is 0 Å². The van der Waals surface area contributed by atoms with Gasteiger partial charge in [0.1, 0.15) is 0 Å². The topological polar surface area (TPSA) is 97.5 Å². The van der Waals surface area contributed by atoms with Gasteiger partial charge in [0.2, 0.25) is 0 Å². The van der Waals surface area contributed by atoms with E-state index in [-0.39, 0.29) is 11.6 Å². The van der Waals surface area contributed by atoms with Gasteiger partial charge in [-0.3, -0.25) is 19.9 Å². The number of thioether (sulfide) groups is 1. The minimum atomic E-state index is -0.466. The van der Waals surface area contributed by atoms with E-state index in [2.05, 4.69) is 21.6 Å². The van der Waals surface area contributed by atoms with Gasteiger partial charge in [-0.2, -0.15) is 5.10 Å². The van der Waals surface area contributed by atoms with Crippen molar-refractivity contribution in [3.8, 4) is 0 Å². The highest BCUT2D eigenvalue weighted by Gasteiger charge is 2.09. The van der Waals surface area contributed by atoms with Crippen molar-refractivity contribution < 1.29 is 9.72 Å². The van der Waals surface area contributed by atoms with E-state index in [9.17, 15) is 14.9 Å². The third-order valence-electron chi connectivity index (χ3n) is 5.01. The van der Waals surface area contributed by atoms with Crippen LogP contribution in [-0.4, -0.2) is 21.5 Å². The Bertz CT molecular complexity index is 1350. The molecule has 33 heavy (non-hydrogen) atoms. The molecule has 0 saturated heterocycles. The Labute approximate surface area is 194 Å². The summed E-state index contributed by atoms with van der Waals surface area (Å²) in [5.41, 5.74) is 6.07. The number of fused-ring (bicyclic) bond motifs is 1. The van der Waals surface area contributed by atoms with Gasteiger partial charge in [-0.1, -0.05) is 42.5 Å². The van der Waals surface area contributed by atoms with E-state index in [0.29, 0.717) is 16.8 Å². The molecule has 0 saturated carbocycles. The number of pyridine rings is 1. The number of carbonyl (C=O) groups is 1. The van der Waals surface area contributed by atoms with Gasteiger partial charge in [-0.05, 0) is 36.8 Å². The smallest absolute Gasteiger partial charge is 0.267 e. The molecule has 0 radical (unpaired) electrons. The molecule has 0 fully saturated rings. The van der Waals surface area contributed by atoms with Crippen LogP contribution in [0.5, 0.6) is 0 Å². The second-order valence-corrected chi connectivity index (χ2v) is 8.28. The number of para-hydroxylation sites is 1. The Kier molecular flexibility index (Phi) is 6.75. The van der Waals surface area contributed by atoms with Crippen molar-refractivity contribution in [3.05, 3.63) is 112 Å². The second-order valence-electron chi connectivity index (χ2n) is 7.26. The van der Waals surface area contributed by atoms with Gasteiger partial charge in [-0.25, -0.2) is 5.43 Å². The van der Waals surface area contributed by atoms with Crippen LogP contribution in [-0.2, 0) is 5.75 Å². The maximum Gasteiger partial charge on any atom is 0.271 e. The molecule has 1 amide bonds. The van der Waals surface area contributed by atoms with Crippen LogP contribution in [0.1, 0.15) is 28.4 Å². The zero-order valence-electron chi connectivity index (χ0n) is 17.8. The van der Waals surface area contributed by atoms with Crippen molar-refractivity contribution in [3.63, 3.8) is 0 Å². The number of nitrogens with zero attached hydrogens (tertiary/aromatic N) is 3. The molecule has 0 aliphatic carbocycles. The molecule has 0 aliphatic rings. The monoisotopic (exact) mass is 456 g/mol. The first-order valence-corrected chi connectivity index (χ1v) is 11.1.